The highest BCUT2D eigenvalue weighted by Crippen LogP contribution is 2.60. The fourth-order valence-electron chi connectivity index (χ4n) is 0.912. The monoisotopic (exact) mass is 342 g/mol. The van der Waals surface area contributed by atoms with Gasteiger partial charge in [-0.1, -0.05) is 0 Å². The molecule has 1 rings (SSSR count). The average Bonchev–Trinajstić information content (AvgIpc) is 2.14. The molecule has 1 aliphatic heterocycles. The Morgan fingerprint density at radius 2 is 0.789 bits per heavy atom. The van der Waals surface area contributed by atoms with Crippen LogP contribution < -0.4 is 0 Å². The summed E-state index contributed by atoms with van der Waals surface area (Å²) in [7, 11) is -14.3. The van der Waals surface area contributed by atoms with E-state index in [2.05, 4.69) is 0 Å². The second-order valence-corrected chi connectivity index (χ2v) is 6.73. The van der Waals surface area contributed by atoms with E-state index in [0.29, 0.717) is 0 Å². The summed E-state index contributed by atoms with van der Waals surface area (Å²) in [6.07, 6.45) is 0. The van der Waals surface area contributed by atoms with Crippen molar-refractivity contribution >= 4 is 20.0 Å². The molecule has 0 aliphatic carbocycles. The topological polar surface area (TPSA) is 82.4 Å². The van der Waals surface area contributed by atoms with Crippen LogP contribution in [-0.2, 0) is 20.0 Å². The van der Waals surface area contributed by atoms with E-state index in [1.54, 1.807) is 0 Å². The van der Waals surface area contributed by atoms with Crippen LogP contribution in [0.2, 0.25) is 0 Å². The first kappa shape index (κ1) is 16.4. The summed E-state index contributed by atoms with van der Waals surface area (Å²) in [5.41, 5.74) is 0. The number of nitrogens with zero attached hydrogens (tertiary/aromatic N) is 1. The molecule has 114 valence electrons. The van der Waals surface area contributed by atoms with Crippen LogP contribution >= 0.6 is 0 Å². The zero-order chi connectivity index (χ0) is 15.7. The number of hydrogen-bond acceptors (Lipinski definition) is 4. The van der Waals surface area contributed by atoms with Gasteiger partial charge in [-0.15, -0.1) is 0 Å². The van der Waals surface area contributed by atoms with Gasteiger partial charge in [0.2, 0.25) is 0 Å². The summed E-state index contributed by atoms with van der Waals surface area (Å²) < 4.78 is 144. The normalized spacial score (nSPS) is 33.3. The summed E-state index contributed by atoms with van der Waals surface area (Å²) in [6, 6.07) is 0. The van der Waals surface area contributed by atoms with Gasteiger partial charge in [-0.05, 0) is 0 Å². The molecule has 0 N–H and O–H groups in total. The lowest BCUT2D eigenvalue weighted by Crippen LogP contribution is -2.62. The van der Waals surface area contributed by atoms with Crippen molar-refractivity contribution in [3.8, 4) is 0 Å². The average molecular weight is 342 g/mol. The lowest BCUT2D eigenvalue weighted by atomic mass is 10.2. The van der Waals surface area contributed by atoms with Crippen LogP contribution in [0, 0.1) is 0 Å². The molecule has 0 atom stereocenters. The van der Waals surface area contributed by atoms with E-state index in [-0.39, 0.29) is 0 Å². The maximum absolute atomic E-state index is 12.7. The van der Waals surface area contributed by atoms with Gasteiger partial charge in [0, 0.05) is 0 Å². The Hall–Kier alpha value is -0.700. The minimum absolute atomic E-state index is 0.822. The van der Waals surface area contributed by atoms with E-state index >= 15 is 0 Å². The van der Waals surface area contributed by atoms with Gasteiger partial charge in [-0.3, -0.25) is 0 Å². The molecule has 5 nitrogen and oxygen atoms in total. The molecule has 0 saturated carbocycles. The third-order valence-corrected chi connectivity index (χ3v) is 5.35. The van der Waals surface area contributed by atoms with E-state index in [4.69, 9.17) is 0 Å². The Bertz CT molecular complexity index is 553. The summed E-state index contributed by atoms with van der Waals surface area (Å²) in [6.45, 7) is 0. The van der Waals surface area contributed by atoms with E-state index in [9.17, 15) is 52.0 Å². The molecule has 1 saturated heterocycles. The Balaban J connectivity index is 3.92. The van der Waals surface area contributed by atoms with Gasteiger partial charge in [0.05, 0.1) is 0 Å². The molecule has 19 heavy (non-hydrogen) atoms. The molecule has 0 spiro atoms. The highest BCUT2D eigenvalue weighted by Gasteiger charge is 2.87. The minimum Gasteiger partial charge on any atom is -0.425 e. The van der Waals surface area contributed by atoms with E-state index in [1.165, 1.54) is 0 Å². The molecule has 1 aliphatic rings. The van der Waals surface area contributed by atoms with Gasteiger partial charge in [-0.25, -0.2) is 16.8 Å². The van der Waals surface area contributed by atoms with Crippen LogP contribution in [-0.4, -0.2) is 39.2 Å². The van der Waals surface area contributed by atoms with Gasteiger partial charge in [0.1, 0.15) is 0 Å². The van der Waals surface area contributed by atoms with Gasteiger partial charge < -0.3 is 4.13 Å². The molecule has 0 bridgehead atoms. The van der Waals surface area contributed by atoms with E-state index in [1.807, 2.05) is 0 Å². The molecule has 0 radical (unpaired) electrons. The maximum Gasteiger partial charge on any atom is 0.398 e. The molecular formula is C4F8NO4S2-. The van der Waals surface area contributed by atoms with Gasteiger partial charge in [-0.2, -0.15) is 35.1 Å². The standard InChI is InChI=1S/C4F8NO4S2/c5-1(6)2(7,8)4(11,12)19(16,17)13-18(14,15)3(1,9)10/q-1. The summed E-state index contributed by atoms with van der Waals surface area (Å²) in [5.74, 6) is -14.4. The van der Waals surface area contributed by atoms with Crippen molar-refractivity contribution in [1.29, 1.82) is 0 Å². The lowest BCUT2D eigenvalue weighted by Gasteiger charge is -2.32. The van der Waals surface area contributed by atoms with Crippen LogP contribution in [0.4, 0.5) is 35.1 Å². The predicted octanol–water partition coefficient (Wildman–Crippen LogP) is 1.49. The molecule has 0 amide bonds. The van der Waals surface area contributed by atoms with Gasteiger partial charge in [0.15, 0.2) is 20.0 Å². The van der Waals surface area contributed by atoms with Crippen LogP contribution in [0.15, 0.2) is 0 Å². The number of alkyl halides is 8. The van der Waals surface area contributed by atoms with Crippen molar-refractivity contribution in [1.82, 2.24) is 0 Å². The van der Waals surface area contributed by atoms with Crippen LogP contribution in [0.25, 0.3) is 4.13 Å². The summed E-state index contributed by atoms with van der Waals surface area (Å²) in [4.78, 5) is 0. The first-order chi connectivity index (χ1) is 7.96. The Morgan fingerprint density at radius 1 is 0.579 bits per heavy atom. The smallest absolute Gasteiger partial charge is 0.398 e. The van der Waals surface area contributed by atoms with Gasteiger partial charge in [0.25, 0.3) is 0 Å². The first-order valence-corrected chi connectivity index (χ1v) is 6.58. The fraction of sp³-hybridized carbons (Fsp3) is 1.00. The van der Waals surface area contributed by atoms with Crippen molar-refractivity contribution in [2.24, 2.45) is 0 Å². The molecular weight excluding hydrogens is 342 g/mol. The molecule has 0 aromatic rings. The zero-order valence-electron chi connectivity index (χ0n) is 7.92. The van der Waals surface area contributed by atoms with Crippen LogP contribution in [0.1, 0.15) is 0 Å². The highest BCUT2D eigenvalue weighted by atomic mass is 32.3. The molecule has 1 fully saturated rings. The summed E-state index contributed by atoms with van der Waals surface area (Å²) >= 11 is 0. The molecule has 0 aromatic carbocycles. The number of halogens is 8. The van der Waals surface area contributed by atoms with Crippen molar-refractivity contribution in [3.05, 3.63) is 4.13 Å². The Morgan fingerprint density at radius 3 is 1.00 bits per heavy atom. The number of sulfonamides is 2. The number of rotatable bonds is 0. The molecule has 15 heteroatoms. The van der Waals surface area contributed by atoms with Crippen molar-refractivity contribution in [2.75, 3.05) is 0 Å². The third kappa shape index (κ3) is 1.60. The van der Waals surface area contributed by atoms with E-state index in [0.717, 1.165) is 4.13 Å². The first-order valence-electron chi connectivity index (χ1n) is 3.70. The molecule has 0 unspecified atom stereocenters. The van der Waals surface area contributed by atoms with Crippen LogP contribution in [0.5, 0.6) is 0 Å². The Kier molecular flexibility index (Phi) is 3.00. The van der Waals surface area contributed by atoms with E-state index < -0.39 is 42.4 Å². The SMILES string of the molecule is O=S1(=O)[N-]S(=O)(=O)C(F)(F)C(F)(F)C(F)(F)C1(F)F. The van der Waals surface area contributed by atoms with Crippen molar-refractivity contribution in [2.45, 2.75) is 22.4 Å². The van der Waals surface area contributed by atoms with Crippen LogP contribution in [0.3, 0.4) is 0 Å². The maximum atomic E-state index is 12.7. The second-order valence-electron chi connectivity index (χ2n) is 3.21. The minimum atomic E-state index is -7.20. The second kappa shape index (κ2) is 3.49. The van der Waals surface area contributed by atoms with Gasteiger partial charge >= 0.3 is 22.4 Å². The molecule has 0 aromatic heterocycles. The largest absolute Gasteiger partial charge is 0.425 e. The Labute approximate surface area is 99.2 Å². The predicted molar refractivity (Wildman–Crippen MR) is 41.0 cm³/mol. The lowest BCUT2D eigenvalue weighted by molar-refractivity contribution is -0.324. The quantitative estimate of drug-likeness (QED) is 0.625. The summed E-state index contributed by atoms with van der Waals surface area (Å²) in [5, 5.41) is -13.7. The fourth-order valence-corrected chi connectivity index (χ4v) is 3.60. The zero-order valence-corrected chi connectivity index (χ0v) is 9.55. The van der Waals surface area contributed by atoms with Crippen molar-refractivity contribution < 1.29 is 52.0 Å². The number of hydrogen-bond donors (Lipinski definition) is 0. The third-order valence-electron chi connectivity index (χ3n) is 1.97. The highest BCUT2D eigenvalue weighted by molar-refractivity contribution is 8.13. The molecule has 1 heterocycles. The van der Waals surface area contributed by atoms with Crippen molar-refractivity contribution in [3.63, 3.8) is 0 Å².